The minimum Gasteiger partial charge on any atom is -0.345 e. The molecule has 3 aromatic rings. The van der Waals surface area contributed by atoms with E-state index in [9.17, 15) is 9.59 Å². The molecule has 2 N–H and O–H groups in total. The van der Waals surface area contributed by atoms with Gasteiger partial charge in [-0.15, -0.1) is 10.2 Å². The Morgan fingerprint density at radius 2 is 1.79 bits per heavy atom. The van der Waals surface area contributed by atoms with Gasteiger partial charge in [0.05, 0.1) is 22.9 Å². The van der Waals surface area contributed by atoms with Crippen LogP contribution in [0.1, 0.15) is 16.2 Å². The third-order valence-electron chi connectivity index (χ3n) is 3.84. The summed E-state index contributed by atoms with van der Waals surface area (Å²) in [6, 6.07) is 16.1. The number of nitrogens with one attached hydrogen (secondary N) is 2. The van der Waals surface area contributed by atoms with Crippen LogP contribution >= 0.6 is 23.4 Å². The van der Waals surface area contributed by atoms with Gasteiger partial charge in [-0.2, -0.15) is 0 Å². The number of carbonyl (C=O) groups is 2. The number of anilines is 1. The number of aromatic nitrogens is 3. The number of benzene rings is 2. The van der Waals surface area contributed by atoms with Crippen LogP contribution in [-0.2, 0) is 18.4 Å². The Labute approximate surface area is 171 Å². The molecule has 0 spiro atoms. The number of halogens is 1. The van der Waals surface area contributed by atoms with Crippen molar-refractivity contribution in [2.75, 3.05) is 11.1 Å². The topological polar surface area (TPSA) is 88.9 Å². The fourth-order valence-electron chi connectivity index (χ4n) is 2.37. The molecule has 1 heterocycles. The van der Waals surface area contributed by atoms with Crippen molar-refractivity contribution in [1.29, 1.82) is 0 Å². The molecule has 0 radical (unpaired) electrons. The zero-order valence-electron chi connectivity index (χ0n) is 15.1. The van der Waals surface area contributed by atoms with Gasteiger partial charge < -0.3 is 15.2 Å². The average Bonchev–Trinajstić information content (AvgIpc) is 3.05. The highest BCUT2D eigenvalue weighted by Crippen LogP contribution is 2.17. The van der Waals surface area contributed by atoms with Gasteiger partial charge in [0, 0.05) is 12.7 Å². The van der Waals surface area contributed by atoms with E-state index in [1.165, 1.54) is 11.8 Å². The predicted molar refractivity (Wildman–Crippen MR) is 109 cm³/mol. The summed E-state index contributed by atoms with van der Waals surface area (Å²) >= 11 is 7.30. The first kappa shape index (κ1) is 19.9. The molecule has 0 fully saturated rings. The summed E-state index contributed by atoms with van der Waals surface area (Å²) in [5.74, 6) is 0.358. The molecule has 2 amide bonds. The SMILES string of the molecule is Cn1c(CNC(=O)c2ccccc2Cl)nnc1SCC(=O)Nc1ccccc1. The zero-order valence-corrected chi connectivity index (χ0v) is 16.6. The summed E-state index contributed by atoms with van der Waals surface area (Å²) in [4.78, 5) is 24.3. The maximum Gasteiger partial charge on any atom is 0.253 e. The molecule has 7 nitrogen and oxygen atoms in total. The number of thioether (sulfide) groups is 1. The van der Waals surface area contributed by atoms with Crippen LogP contribution in [0.4, 0.5) is 5.69 Å². The fraction of sp³-hybridized carbons (Fsp3) is 0.158. The van der Waals surface area contributed by atoms with Gasteiger partial charge in [0.2, 0.25) is 5.91 Å². The second-order valence-electron chi connectivity index (χ2n) is 5.82. The molecular formula is C19H18ClN5O2S. The van der Waals surface area contributed by atoms with E-state index < -0.39 is 0 Å². The molecule has 3 rings (SSSR count). The van der Waals surface area contributed by atoms with Gasteiger partial charge in [0.1, 0.15) is 0 Å². The molecule has 0 saturated carbocycles. The van der Waals surface area contributed by atoms with Crippen LogP contribution in [0, 0.1) is 0 Å². The summed E-state index contributed by atoms with van der Waals surface area (Å²) in [5, 5.41) is 14.7. The van der Waals surface area contributed by atoms with E-state index in [2.05, 4.69) is 20.8 Å². The molecule has 144 valence electrons. The maximum absolute atomic E-state index is 12.2. The number of nitrogens with zero attached hydrogens (tertiary/aromatic N) is 3. The van der Waals surface area contributed by atoms with Crippen molar-refractivity contribution in [3.63, 3.8) is 0 Å². The normalized spacial score (nSPS) is 10.5. The average molecular weight is 416 g/mol. The molecule has 0 bridgehead atoms. The Morgan fingerprint density at radius 1 is 1.07 bits per heavy atom. The van der Waals surface area contributed by atoms with Crippen molar-refractivity contribution >= 4 is 40.9 Å². The summed E-state index contributed by atoms with van der Waals surface area (Å²) in [7, 11) is 1.79. The molecule has 0 aliphatic carbocycles. The van der Waals surface area contributed by atoms with Crippen LogP contribution in [0.15, 0.2) is 59.8 Å². The van der Waals surface area contributed by atoms with Gasteiger partial charge in [0.25, 0.3) is 5.91 Å². The Balaban J connectivity index is 1.53. The van der Waals surface area contributed by atoms with Gasteiger partial charge >= 0.3 is 0 Å². The van der Waals surface area contributed by atoms with E-state index in [1.54, 1.807) is 35.9 Å². The Hall–Kier alpha value is -2.84. The second-order valence-corrected chi connectivity index (χ2v) is 7.17. The lowest BCUT2D eigenvalue weighted by Gasteiger charge is -2.07. The molecule has 0 aliphatic rings. The largest absolute Gasteiger partial charge is 0.345 e. The van der Waals surface area contributed by atoms with E-state index in [0.717, 1.165) is 5.69 Å². The highest BCUT2D eigenvalue weighted by Gasteiger charge is 2.14. The molecule has 1 aromatic heterocycles. The molecule has 2 aromatic carbocycles. The smallest absolute Gasteiger partial charge is 0.253 e. The van der Waals surface area contributed by atoms with Gasteiger partial charge in [0.15, 0.2) is 11.0 Å². The third kappa shape index (κ3) is 5.11. The molecule has 9 heteroatoms. The molecule has 28 heavy (non-hydrogen) atoms. The lowest BCUT2D eigenvalue weighted by atomic mass is 10.2. The predicted octanol–water partition coefficient (Wildman–Crippen LogP) is 3.13. The van der Waals surface area contributed by atoms with E-state index in [4.69, 9.17) is 11.6 Å². The number of carbonyl (C=O) groups excluding carboxylic acids is 2. The van der Waals surface area contributed by atoms with Gasteiger partial charge in [-0.25, -0.2) is 0 Å². The van der Waals surface area contributed by atoms with Crippen molar-refractivity contribution < 1.29 is 9.59 Å². The lowest BCUT2D eigenvalue weighted by Crippen LogP contribution is -2.24. The van der Waals surface area contributed by atoms with Crippen molar-refractivity contribution in [2.24, 2.45) is 7.05 Å². The summed E-state index contributed by atoms with van der Waals surface area (Å²) in [6.45, 7) is 0.199. The van der Waals surface area contributed by atoms with Gasteiger partial charge in [-0.3, -0.25) is 9.59 Å². The molecule has 0 aliphatic heterocycles. The zero-order chi connectivity index (χ0) is 19.9. The van der Waals surface area contributed by atoms with Crippen LogP contribution in [0.3, 0.4) is 0 Å². The minimum atomic E-state index is -0.287. The minimum absolute atomic E-state index is 0.132. The van der Waals surface area contributed by atoms with E-state index >= 15 is 0 Å². The van der Waals surface area contributed by atoms with Crippen LogP contribution in [0.2, 0.25) is 5.02 Å². The fourth-order valence-corrected chi connectivity index (χ4v) is 3.32. The summed E-state index contributed by atoms with van der Waals surface area (Å²) < 4.78 is 1.74. The highest BCUT2D eigenvalue weighted by atomic mass is 35.5. The first-order valence-corrected chi connectivity index (χ1v) is 9.79. The lowest BCUT2D eigenvalue weighted by molar-refractivity contribution is -0.113. The second kappa shape index (κ2) is 9.38. The van der Waals surface area contributed by atoms with Crippen molar-refractivity contribution in [3.8, 4) is 0 Å². The van der Waals surface area contributed by atoms with E-state index in [1.807, 2.05) is 30.3 Å². The number of para-hydroxylation sites is 1. The third-order valence-corrected chi connectivity index (χ3v) is 5.19. The number of hydrogen-bond acceptors (Lipinski definition) is 5. The van der Waals surface area contributed by atoms with Gasteiger partial charge in [-0.1, -0.05) is 53.7 Å². The molecular weight excluding hydrogens is 398 g/mol. The van der Waals surface area contributed by atoms with E-state index in [-0.39, 0.29) is 24.1 Å². The van der Waals surface area contributed by atoms with Crippen LogP contribution in [0.25, 0.3) is 0 Å². The van der Waals surface area contributed by atoms with Crippen molar-refractivity contribution in [2.45, 2.75) is 11.7 Å². The van der Waals surface area contributed by atoms with Crippen LogP contribution < -0.4 is 10.6 Å². The molecule has 0 atom stereocenters. The van der Waals surface area contributed by atoms with Gasteiger partial charge in [-0.05, 0) is 24.3 Å². The Morgan fingerprint density at radius 3 is 2.54 bits per heavy atom. The number of rotatable bonds is 7. The van der Waals surface area contributed by atoms with E-state index in [0.29, 0.717) is 21.6 Å². The Kier molecular flexibility index (Phi) is 6.67. The number of amides is 2. The van der Waals surface area contributed by atoms with Crippen molar-refractivity contribution in [1.82, 2.24) is 20.1 Å². The summed E-state index contributed by atoms with van der Waals surface area (Å²) in [6.07, 6.45) is 0. The summed E-state index contributed by atoms with van der Waals surface area (Å²) in [5.41, 5.74) is 1.15. The maximum atomic E-state index is 12.2. The first-order chi connectivity index (χ1) is 13.5. The first-order valence-electron chi connectivity index (χ1n) is 8.43. The molecule has 0 saturated heterocycles. The van der Waals surface area contributed by atoms with Crippen LogP contribution in [0.5, 0.6) is 0 Å². The standard InChI is InChI=1S/C19H18ClN5O2S/c1-25-16(11-21-18(27)14-9-5-6-10-15(14)20)23-24-19(25)28-12-17(26)22-13-7-3-2-4-8-13/h2-10H,11-12H2,1H3,(H,21,27)(H,22,26). The Bertz CT molecular complexity index is 977. The van der Waals surface area contributed by atoms with Crippen LogP contribution in [-0.4, -0.2) is 32.3 Å². The molecule has 0 unspecified atom stereocenters. The highest BCUT2D eigenvalue weighted by molar-refractivity contribution is 7.99. The number of hydrogen-bond donors (Lipinski definition) is 2. The quantitative estimate of drug-likeness (QED) is 0.579. The van der Waals surface area contributed by atoms with Crippen molar-refractivity contribution in [3.05, 3.63) is 71.0 Å². The monoisotopic (exact) mass is 415 g/mol.